The van der Waals surface area contributed by atoms with E-state index in [1.165, 1.54) is 12.3 Å². The summed E-state index contributed by atoms with van der Waals surface area (Å²) >= 11 is 0. The van der Waals surface area contributed by atoms with Crippen LogP contribution in [0.3, 0.4) is 0 Å². The molecule has 4 N–H and O–H groups in total. The molecule has 1 aromatic carbocycles. The van der Waals surface area contributed by atoms with E-state index in [0.717, 1.165) is 24.2 Å². The number of aryl methyl sites for hydroxylation is 1. The second kappa shape index (κ2) is 8.74. The van der Waals surface area contributed by atoms with Crippen LogP contribution in [0.15, 0.2) is 48.7 Å². The van der Waals surface area contributed by atoms with Gasteiger partial charge in [-0.1, -0.05) is 18.2 Å². The fraction of sp³-hybridized carbons (Fsp3) is 0.227. The molecule has 10 heteroatoms. The minimum Gasteiger partial charge on any atom is -0.356 e. The molecule has 4 rings (SSSR count). The Balaban J connectivity index is 1.65. The molecule has 0 saturated carbocycles. The number of hydrogen-bond acceptors (Lipinski definition) is 4. The number of hydrogen-bond donors (Lipinski definition) is 4. The number of urea groups is 1. The first kappa shape index (κ1) is 21.4. The number of nitrogens with one attached hydrogen (secondary N) is 4. The van der Waals surface area contributed by atoms with Crippen LogP contribution in [0.4, 0.5) is 35.2 Å². The summed E-state index contributed by atoms with van der Waals surface area (Å²) < 4.78 is 36.9. The van der Waals surface area contributed by atoms with Crippen LogP contribution in [0.1, 0.15) is 28.9 Å². The first-order valence-electron chi connectivity index (χ1n) is 9.98. The second-order valence-corrected chi connectivity index (χ2v) is 7.35. The normalized spacial score (nSPS) is 13.4. The summed E-state index contributed by atoms with van der Waals surface area (Å²) in [6.07, 6.45) is -1.15. The Kier molecular flexibility index (Phi) is 5.85. The Morgan fingerprint density at radius 2 is 1.91 bits per heavy atom. The van der Waals surface area contributed by atoms with Crippen molar-refractivity contribution >= 4 is 29.0 Å². The van der Waals surface area contributed by atoms with E-state index >= 15 is 0 Å². The molecule has 0 bridgehead atoms. The summed E-state index contributed by atoms with van der Waals surface area (Å²) in [7, 11) is 0. The van der Waals surface area contributed by atoms with Crippen molar-refractivity contribution in [2.45, 2.75) is 25.4 Å². The molecule has 166 valence electrons. The van der Waals surface area contributed by atoms with Crippen molar-refractivity contribution in [1.29, 1.82) is 0 Å². The maximum Gasteiger partial charge on any atom is 0.405 e. The van der Waals surface area contributed by atoms with Crippen LogP contribution in [-0.2, 0) is 6.42 Å². The van der Waals surface area contributed by atoms with Crippen molar-refractivity contribution in [1.82, 2.24) is 15.3 Å². The van der Waals surface area contributed by atoms with E-state index in [2.05, 4.69) is 20.6 Å². The van der Waals surface area contributed by atoms with Crippen molar-refractivity contribution in [3.05, 3.63) is 59.9 Å². The molecule has 0 atom stereocenters. The van der Waals surface area contributed by atoms with Gasteiger partial charge in [-0.3, -0.25) is 10.1 Å². The van der Waals surface area contributed by atoms with E-state index in [-0.39, 0.29) is 11.6 Å². The van der Waals surface area contributed by atoms with Gasteiger partial charge in [0, 0.05) is 29.6 Å². The van der Waals surface area contributed by atoms with Crippen LogP contribution in [0.5, 0.6) is 0 Å². The highest BCUT2D eigenvalue weighted by molar-refractivity contribution is 6.07. The number of benzene rings is 1. The maximum atomic E-state index is 12.7. The highest BCUT2D eigenvalue weighted by Crippen LogP contribution is 2.39. The van der Waals surface area contributed by atoms with Crippen molar-refractivity contribution in [2.24, 2.45) is 0 Å². The molecule has 32 heavy (non-hydrogen) atoms. The molecule has 2 amide bonds. The first-order valence-corrected chi connectivity index (χ1v) is 9.98. The predicted molar refractivity (Wildman–Crippen MR) is 114 cm³/mol. The van der Waals surface area contributed by atoms with Crippen molar-refractivity contribution in [3.8, 4) is 11.3 Å². The number of carbonyl (C=O) groups is 2. The fourth-order valence-corrected chi connectivity index (χ4v) is 3.60. The number of pyridine rings is 1. The molecule has 0 aliphatic heterocycles. The van der Waals surface area contributed by atoms with Gasteiger partial charge in [-0.15, -0.1) is 0 Å². The Morgan fingerprint density at radius 3 is 2.66 bits per heavy atom. The summed E-state index contributed by atoms with van der Waals surface area (Å²) in [6.45, 7) is -1.45. The first-order chi connectivity index (χ1) is 15.3. The van der Waals surface area contributed by atoms with Gasteiger partial charge in [0.2, 0.25) is 0 Å². The van der Waals surface area contributed by atoms with Crippen LogP contribution in [0.25, 0.3) is 11.3 Å². The number of fused-ring (bicyclic) bond motifs is 1. The van der Waals surface area contributed by atoms with E-state index in [4.69, 9.17) is 0 Å². The summed E-state index contributed by atoms with van der Waals surface area (Å²) in [5, 5.41) is 7.35. The van der Waals surface area contributed by atoms with Gasteiger partial charge >= 0.3 is 12.2 Å². The Hall–Kier alpha value is -3.82. The number of halogens is 3. The number of alkyl halides is 3. The SMILES string of the molecule is O=C(NCC(F)(F)F)Nc1cc(-c2[nH]c3c(c2Nc2ccccc2)C(=O)CCC3)ccn1. The Labute approximate surface area is 181 Å². The summed E-state index contributed by atoms with van der Waals surface area (Å²) in [5.41, 5.74) is 4.10. The van der Waals surface area contributed by atoms with E-state index < -0.39 is 18.8 Å². The fourth-order valence-electron chi connectivity index (χ4n) is 3.60. The molecule has 0 saturated heterocycles. The van der Waals surface area contributed by atoms with Crippen LogP contribution in [0, 0.1) is 0 Å². The number of nitrogens with zero attached hydrogens (tertiary/aromatic N) is 1. The van der Waals surface area contributed by atoms with E-state index in [0.29, 0.717) is 28.9 Å². The average Bonchev–Trinajstić information content (AvgIpc) is 3.12. The molecule has 7 nitrogen and oxygen atoms in total. The van der Waals surface area contributed by atoms with E-state index in [1.54, 1.807) is 11.4 Å². The predicted octanol–water partition coefficient (Wildman–Crippen LogP) is 5.02. The van der Waals surface area contributed by atoms with Gasteiger partial charge in [0.05, 0.1) is 16.9 Å². The minimum absolute atomic E-state index is 0.0334. The lowest BCUT2D eigenvalue weighted by Crippen LogP contribution is -2.36. The smallest absolute Gasteiger partial charge is 0.356 e. The number of anilines is 3. The lowest BCUT2D eigenvalue weighted by atomic mass is 9.95. The van der Waals surface area contributed by atoms with Crippen molar-refractivity contribution in [2.75, 3.05) is 17.2 Å². The minimum atomic E-state index is -4.51. The third-order valence-electron chi connectivity index (χ3n) is 4.97. The van der Waals surface area contributed by atoms with Crippen molar-refractivity contribution in [3.63, 3.8) is 0 Å². The standard InChI is InChI=1S/C22H20F3N5O2/c23-22(24,25)12-27-21(32)30-17-11-13(9-10-26-17)19-20(28-14-5-2-1-3-6-14)18-15(29-19)7-4-8-16(18)31/h1-3,5-6,9-11,28-29H,4,7-8,12H2,(H2,26,27,30,32). The zero-order chi connectivity index (χ0) is 22.7. The topological polar surface area (TPSA) is 98.9 Å². The number of rotatable bonds is 5. The van der Waals surface area contributed by atoms with Crippen LogP contribution in [0.2, 0.25) is 0 Å². The number of amides is 2. The highest BCUT2D eigenvalue weighted by atomic mass is 19.4. The zero-order valence-corrected chi connectivity index (χ0v) is 16.8. The molecule has 1 aliphatic rings. The number of carbonyl (C=O) groups excluding carboxylic acids is 2. The van der Waals surface area contributed by atoms with Gasteiger partial charge in [0.1, 0.15) is 12.4 Å². The number of H-pyrrole nitrogens is 1. The van der Waals surface area contributed by atoms with Gasteiger partial charge in [-0.25, -0.2) is 9.78 Å². The number of para-hydroxylation sites is 1. The van der Waals surface area contributed by atoms with E-state index in [1.807, 2.05) is 30.3 Å². The van der Waals surface area contributed by atoms with Crippen LogP contribution in [-0.4, -0.2) is 34.5 Å². The average molecular weight is 443 g/mol. The number of ketones is 1. The Bertz CT molecular complexity index is 1140. The third-order valence-corrected chi connectivity index (χ3v) is 4.97. The summed E-state index contributed by atoms with van der Waals surface area (Å²) in [5.74, 6) is 0.109. The van der Waals surface area contributed by atoms with Crippen LogP contribution >= 0.6 is 0 Å². The molecule has 0 radical (unpaired) electrons. The van der Waals surface area contributed by atoms with Crippen LogP contribution < -0.4 is 16.0 Å². The molecule has 1 aliphatic carbocycles. The van der Waals surface area contributed by atoms with E-state index in [9.17, 15) is 22.8 Å². The lowest BCUT2D eigenvalue weighted by molar-refractivity contribution is -0.122. The third kappa shape index (κ3) is 4.90. The quantitative estimate of drug-likeness (QED) is 0.445. The van der Waals surface area contributed by atoms with Gasteiger partial charge in [-0.2, -0.15) is 13.2 Å². The number of aromatic amines is 1. The second-order valence-electron chi connectivity index (χ2n) is 7.35. The Morgan fingerprint density at radius 1 is 1.12 bits per heavy atom. The molecular formula is C22H20F3N5O2. The number of aromatic nitrogens is 2. The molecule has 0 fully saturated rings. The molecule has 2 heterocycles. The largest absolute Gasteiger partial charge is 0.405 e. The molecule has 3 aromatic rings. The van der Waals surface area contributed by atoms with Gasteiger partial charge in [0.15, 0.2) is 5.78 Å². The molecule has 0 spiro atoms. The van der Waals surface area contributed by atoms with Crippen molar-refractivity contribution < 1.29 is 22.8 Å². The zero-order valence-electron chi connectivity index (χ0n) is 16.8. The van der Waals surface area contributed by atoms with Gasteiger partial charge in [0.25, 0.3) is 0 Å². The monoisotopic (exact) mass is 443 g/mol. The molecule has 2 aromatic heterocycles. The molecular weight excluding hydrogens is 423 g/mol. The van der Waals surface area contributed by atoms with Gasteiger partial charge < -0.3 is 15.6 Å². The summed E-state index contributed by atoms with van der Waals surface area (Å²) in [4.78, 5) is 31.8. The maximum absolute atomic E-state index is 12.7. The summed E-state index contributed by atoms with van der Waals surface area (Å²) in [6, 6.07) is 11.6. The van der Waals surface area contributed by atoms with Gasteiger partial charge in [-0.05, 0) is 37.1 Å². The highest BCUT2D eigenvalue weighted by Gasteiger charge is 2.28. The number of Topliss-reactive ketones (excluding diaryl/α,β-unsaturated/α-hetero) is 1. The lowest BCUT2D eigenvalue weighted by Gasteiger charge is -2.14. The molecule has 0 unspecified atom stereocenters.